The van der Waals surface area contributed by atoms with Crippen LogP contribution in [0.5, 0.6) is 0 Å². The summed E-state index contributed by atoms with van der Waals surface area (Å²) in [5.74, 6) is 1.28. The van der Waals surface area contributed by atoms with E-state index in [1.807, 2.05) is 0 Å². The average molecular weight is 275 g/mol. The fourth-order valence-corrected chi connectivity index (χ4v) is 2.99. The molecule has 0 radical (unpaired) electrons. The van der Waals surface area contributed by atoms with Crippen molar-refractivity contribution >= 4 is 0 Å². The molecule has 1 aliphatic heterocycles. The number of hydrogen-bond donors (Lipinski definition) is 1. The lowest BCUT2D eigenvalue weighted by Crippen LogP contribution is -2.30. The lowest BCUT2D eigenvalue weighted by molar-refractivity contribution is 0.0867. The van der Waals surface area contributed by atoms with E-state index in [9.17, 15) is 0 Å². The van der Waals surface area contributed by atoms with Crippen LogP contribution in [-0.2, 0) is 4.74 Å². The SMILES string of the molecule is CCC1OCCC1CNC(C)c1ccc(C(C)C)cc1. The second-order valence-electron chi connectivity index (χ2n) is 6.32. The molecule has 1 aromatic carbocycles. The van der Waals surface area contributed by atoms with Gasteiger partial charge in [0.1, 0.15) is 0 Å². The summed E-state index contributed by atoms with van der Waals surface area (Å²) in [4.78, 5) is 0. The topological polar surface area (TPSA) is 21.3 Å². The molecule has 3 atom stereocenters. The second-order valence-corrected chi connectivity index (χ2v) is 6.32. The summed E-state index contributed by atoms with van der Waals surface area (Å²) in [7, 11) is 0. The van der Waals surface area contributed by atoms with Crippen molar-refractivity contribution in [3.05, 3.63) is 35.4 Å². The molecule has 112 valence electrons. The van der Waals surface area contributed by atoms with Gasteiger partial charge < -0.3 is 10.1 Å². The van der Waals surface area contributed by atoms with Crippen molar-refractivity contribution < 1.29 is 4.74 Å². The third-order valence-corrected chi connectivity index (χ3v) is 4.54. The molecule has 2 rings (SSSR count). The Balaban J connectivity index is 1.86. The maximum absolute atomic E-state index is 5.75. The Kier molecular flexibility index (Phi) is 5.62. The minimum atomic E-state index is 0.411. The maximum atomic E-state index is 5.75. The molecule has 1 aromatic rings. The van der Waals surface area contributed by atoms with Crippen molar-refractivity contribution in [1.82, 2.24) is 5.32 Å². The van der Waals surface area contributed by atoms with Gasteiger partial charge in [0, 0.05) is 19.2 Å². The summed E-state index contributed by atoms with van der Waals surface area (Å²) >= 11 is 0. The summed E-state index contributed by atoms with van der Waals surface area (Å²) in [5, 5.41) is 3.67. The van der Waals surface area contributed by atoms with Crippen LogP contribution in [0.4, 0.5) is 0 Å². The van der Waals surface area contributed by atoms with Crippen LogP contribution in [0.3, 0.4) is 0 Å². The highest BCUT2D eigenvalue weighted by molar-refractivity contribution is 5.26. The van der Waals surface area contributed by atoms with Gasteiger partial charge >= 0.3 is 0 Å². The van der Waals surface area contributed by atoms with E-state index >= 15 is 0 Å². The summed E-state index contributed by atoms with van der Waals surface area (Å²) in [6.07, 6.45) is 2.78. The first-order valence-corrected chi connectivity index (χ1v) is 8.06. The Morgan fingerprint density at radius 3 is 2.40 bits per heavy atom. The van der Waals surface area contributed by atoms with Gasteiger partial charge in [0.2, 0.25) is 0 Å². The maximum Gasteiger partial charge on any atom is 0.0613 e. The van der Waals surface area contributed by atoms with Gasteiger partial charge in [-0.05, 0) is 42.7 Å². The standard InChI is InChI=1S/C18H29NO/c1-5-18-17(10-11-20-18)12-19-14(4)16-8-6-15(7-9-16)13(2)3/h6-9,13-14,17-19H,5,10-12H2,1-4H3. The quantitative estimate of drug-likeness (QED) is 0.837. The van der Waals surface area contributed by atoms with Crippen molar-refractivity contribution in [3.8, 4) is 0 Å². The van der Waals surface area contributed by atoms with Crippen molar-refractivity contribution in [1.29, 1.82) is 0 Å². The number of benzene rings is 1. The molecule has 0 bridgehead atoms. The monoisotopic (exact) mass is 275 g/mol. The van der Waals surface area contributed by atoms with Crippen LogP contribution in [0.15, 0.2) is 24.3 Å². The molecule has 2 heteroatoms. The van der Waals surface area contributed by atoms with Crippen LogP contribution >= 0.6 is 0 Å². The molecule has 0 spiro atoms. The zero-order chi connectivity index (χ0) is 14.5. The van der Waals surface area contributed by atoms with Crippen molar-refractivity contribution in [2.24, 2.45) is 5.92 Å². The Labute approximate surface area is 123 Å². The van der Waals surface area contributed by atoms with Crippen LogP contribution in [0.2, 0.25) is 0 Å². The Morgan fingerprint density at radius 2 is 1.80 bits per heavy atom. The molecule has 0 aromatic heterocycles. The predicted octanol–water partition coefficient (Wildman–Crippen LogP) is 4.28. The van der Waals surface area contributed by atoms with E-state index in [2.05, 4.69) is 57.3 Å². The van der Waals surface area contributed by atoms with E-state index in [1.54, 1.807) is 0 Å². The van der Waals surface area contributed by atoms with E-state index in [0.717, 1.165) is 19.6 Å². The third-order valence-electron chi connectivity index (χ3n) is 4.54. The third kappa shape index (κ3) is 3.83. The van der Waals surface area contributed by atoms with E-state index < -0.39 is 0 Å². The molecule has 0 saturated carbocycles. The fourth-order valence-electron chi connectivity index (χ4n) is 2.99. The average Bonchev–Trinajstić information content (AvgIpc) is 2.92. The van der Waals surface area contributed by atoms with E-state index in [-0.39, 0.29) is 0 Å². The van der Waals surface area contributed by atoms with Gasteiger partial charge in [0.05, 0.1) is 6.10 Å². The summed E-state index contributed by atoms with van der Waals surface area (Å²) in [6, 6.07) is 9.44. The highest BCUT2D eigenvalue weighted by Gasteiger charge is 2.26. The van der Waals surface area contributed by atoms with Gasteiger partial charge in [-0.1, -0.05) is 45.0 Å². The van der Waals surface area contributed by atoms with Crippen LogP contribution in [-0.4, -0.2) is 19.3 Å². The van der Waals surface area contributed by atoms with Gasteiger partial charge in [0.25, 0.3) is 0 Å². The zero-order valence-corrected chi connectivity index (χ0v) is 13.4. The van der Waals surface area contributed by atoms with E-state index in [4.69, 9.17) is 4.74 Å². The molecular weight excluding hydrogens is 246 g/mol. The normalized spacial score (nSPS) is 24.2. The zero-order valence-electron chi connectivity index (χ0n) is 13.4. The molecule has 2 nitrogen and oxygen atoms in total. The Bertz CT molecular complexity index is 398. The van der Waals surface area contributed by atoms with Gasteiger partial charge in [-0.15, -0.1) is 0 Å². The highest BCUT2D eigenvalue weighted by atomic mass is 16.5. The van der Waals surface area contributed by atoms with Crippen LogP contribution in [0.25, 0.3) is 0 Å². The smallest absolute Gasteiger partial charge is 0.0613 e. The lowest BCUT2D eigenvalue weighted by atomic mass is 9.97. The van der Waals surface area contributed by atoms with Crippen LogP contribution in [0, 0.1) is 5.92 Å². The van der Waals surface area contributed by atoms with Crippen LogP contribution < -0.4 is 5.32 Å². The largest absolute Gasteiger partial charge is 0.378 e. The van der Waals surface area contributed by atoms with Gasteiger partial charge in [-0.25, -0.2) is 0 Å². The number of ether oxygens (including phenoxy) is 1. The second kappa shape index (κ2) is 7.24. The predicted molar refractivity (Wildman–Crippen MR) is 85.1 cm³/mol. The number of nitrogens with one attached hydrogen (secondary N) is 1. The summed E-state index contributed by atoms with van der Waals surface area (Å²) in [6.45, 7) is 10.9. The van der Waals surface area contributed by atoms with E-state index in [1.165, 1.54) is 17.5 Å². The first-order valence-electron chi connectivity index (χ1n) is 8.06. The lowest BCUT2D eigenvalue weighted by Gasteiger charge is -2.21. The minimum Gasteiger partial charge on any atom is -0.378 e. The summed E-state index contributed by atoms with van der Waals surface area (Å²) in [5.41, 5.74) is 2.79. The molecule has 1 saturated heterocycles. The Hall–Kier alpha value is -0.860. The first kappa shape index (κ1) is 15.5. The minimum absolute atomic E-state index is 0.411. The summed E-state index contributed by atoms with van der Waals surface area (Å²) < 4.78 is 5.75. The van der Waals surface area contributed by atoms with Crippen LogP contribution in [0.1, 0.15) is 63.6 Å². The Morgan fingerprint density at radius 1 is 1.15 bits per heavy atom. The molecule has 1 heterocycles. The molecule has 3 unspecified atom stereocenters. The molecule has 1 N–H and O–H groups in total. The highest BCUT2D eigenvalue weighted by Crippen LogP contribution is 2.24. The van der Waals surface area contributed by atoms with Gasteiger partial charge in [-0.2, -0.15) is 0 Å². The van der Waals surface area contributed by atoms with Gasteiger partial charge in [-0.3, -0.25) is 0 Å². The van der Waals surface area contributed by atoms with Gasteiger partial charge in [0.15, 0.2) is 0 Å². The fraction of sp³-hybridized carbons (Fsp3) is 0.667. The number of hydrogen-bond acceptors (Lipinski definition) is 2. The van der Waals surface area contributed by atoms with Crippen molar-refractivity contribution in [2.45, 2.75) is 58.6 Å². The first-order chi connectivity index (χ1) is 9.61. The number of rotatable bonds is 6. The van der Waals surface area contributed by atoms with Crippen molar-refractivity contribution in [3.63, 3.8) is 0 Å². The molecule has 1 aliphatic rings. The van der Waals surface area contributed by atoms with Crippen molar-refractivity contribution in [2.75, 3.05) is 13.2 Å². The van der Waals surface area contributed by atoms with E-state index in [0.29, 0.717) is 24.0 Å². The molecule has 0 amide bonds. The molecule has 1 fully saturated rings. The molecule has 20 heavy (non-hydrogen) atoms. The molecule has 0 aliphatic carbocycles. The molecular formula is C18H29NO.